The van der Waals surface area contributed by atoms with Gasteiger partial charge in [-0.05, 0) is 12.1 Å². The first kappa shape index (κ1) is 15.0. The fraction of sp³-hybridized carbons (Fsp3) is 0.333. The van der Waals surface area contributed by atoms with Gasteiger partial charge in [-0.25, -0.2) is 13.1 Å². The molecule has 0 aliphatic rings. The van der Waals surface area contributed by atoms with Crippen LogP contribution in [0.4, 0.5) is 5.69 Å². The summed E-state index contributed by atoms with van der Waals surface area (Å²) in [5.41, 5.74) is -0.469. The summed E-state index contributed by atoms with van der Waals surface area (Å²) < 4.78 is 31.2. The highest BCUT2D eigenvalue weighted by molar-refractivity contribution is 9.10. The smallest absolute Gasteiger partial charge is 0.289 e. The Bertz CT molecular complexity index is 546. The topological polar surface area (TPSA) is 98.5 Å². The molecule has 0 aliphatic heterocycles. The highest BCUT2D eigenvalue weighted by Crippen LogP contribution is 2.26. The van der Waals surface area contributed by atoms with E-state index in [1.165, 1.54) is 19.2 Å². The van der Waals surface area contributed by atoms with Crippen molar-refractivity contribution < 1.29 is 18.1 Å². The molecule has 7 nitrogen and oxygen atoms in total. The zero-order chi connectivity index (χ0) is 13.8. The first-order chi connectivity index (χ1) is 8.38. The molecule has 0 atom stereocenters. The molecule has 0 amide bonds. The van der Waals surface area contributed by atoms with E-state index in [4.69, 9.17) is 4.74 Å². The van der Waals surface area contributed by atoms with Crippen molar-refractivity contribution in [1.29, 1.82) is 0 Å². The molecule has 1 N–H and O–H groups in total. The molecule has 9 heteroatoms. The summed E-state index contributed by atoms with van der Waals surface area (Å²) in [5, 5.41) is 10.8. The van der Waals surface area contributed by atoms with Crippen LogP contribution in [0.2, 0.25) is 0 Å². The minimum absolute atomic E-state index is 0.0441. The fourth-order valence-corrected chi connectivity index (χ4v) is 2.93. The lowest BCUT2D eigenvalue weighted by Gasteiger charge is -2.07. The monoisotopic (exact) mass is 338 g/mol. The predicted molar refractivity (Wildman–Crippen MR) is 67.9 cm³/mol. The van der Waals surface area contributed by atoms with Crippen LogP contribution < -0.4 is 4.72 Å². The Labute approximate surface area is 112 Å². The van der Waals surface area contributed by atoms with E-state index in [0.717, 1.165) is 6.07 Å². The summed E-state index contributed by atoms with van der Waals surface area (Å²) in [6, 6.07) is 3.73. The lowest BCUT2D eigenvalue weighted by molar-refractivity contribution is -0.387. The standard InChI is InChI=1S/C9H11BrN2O5S/c1-17-5-4-11-18(15,16)9-6-7(10)2-3-8(9)12(13)14/h2-3,6,11H,4-5H2,1H3. The second-order valence-corrected chi connectivity index (χ2v) is 5.91. The second kappa shape index (κ2) is 6.23. The molecule has 0 heterocycles. The van der Waals surface area contributed by atoms with Crippen molar-refractivity contribution in [3.8, 4) is 0 Å². The minimum atomic E-state index is -3.93. The third kappa shape index (κ3) is 3.73. The summed E-state index contributed by atoms with van der Waals surface area (Å²) in [5.74, 6) is 0. The molecule has 0 saturated heterocycles. The van der Waals surface area contributed by atoms with E-state index in [0.29, 0.717) is 4.47 Å². The van der Waals surface area contributed by atoms with E-state index < -0.39 is 20.6 Å². The number of sulfonamides is 1. The van der Waals surface area contributed by atoms with Crippen LogP contribution in [0.1, 0.15) is 0 Å². The Balaban J connectivity index is 3.14. The molecule has 1 rings (SSSR count). The normalized spacial score (nSPS) is 11.4. The SMILES string of the molecule is COCCNS(=O)(=O)c1cc(Br)ccc1[N+](=O)[O-]. The Kier molecular flexibility index (Phi) is 5.20. The summed E-state index contributed by atoms with van der Waals surface area (Å²) in [7, 11) is -2.51. The Morgan fingerprint density at radius 1 is 1.50 bits per heavy atom. The van der Waals surface area contributed by atoms with E-state index in [-0.39, 0.29) is 18.0 Å². The maximum Gasteiger partial charge on any atom is 0.289 e. The van der Waals surface area contributed by atoms with Crippen LogP contribution in [-0.4, -0.2) is 33.6 Å². The van der Waals surface area contributed by atoms with Crippen molar-refractivity contribution in [1.82, 2.24) is 4.72 Å². The van der Waals surface area contributed by atoms with Crippen molar-refractivity contribution in [2.75, 3.05) is 20.3 Å². The zero-order valence-corrected chi connectivity index (χ0v) is 11.8. The van der Waals surface area contributed by atoms with E-state index in [9.17, 15) is 18.5 Å². The van der Waals surface area contributed by atoms with E-state index in [1.807, 2.05) is 0 Å². The molecule has 0 aliphatic carbocycles. The van der Waals surface area contributed by atoms with Gasteiger partial charge in [0.05, 0.1) is 11.5 Å². The van der Waals surface area contributed by atoms with Crippen molar-refractivity contribution in [2.24, 2.45) is 0 Å². The van der Waals surface area contributed by atoms with Gasteiger partial charge >= 0.3 is 0 Å². The molecule has 18 heavy (non-hydrogen) atoms. The number of nitro groups is 1. The molecular weight excluding hydrogens is 328 g/mol. The van der Waals surface area contributed by atoms with Crippen LogP contribution >= 0.6 is 15.9 Å². The van der Waals surface area contributed by atoms with Crippen LogP contribution in [0.5, 0.6) is 0 Å². The fourth-order valence-electron chi connectivity index (χ4n) is 1.21. The van der Waals surface area contributed by atoms with Crippen LogP contribution in [0.25, 0.3) is 0 Å². The average molecular weight is 339 g/mol. The largest absolute Gasteiger partial charge is 0.383 e. The molecule has 1 aromatic carbocycles. The second-order valence-electron chi connectivity index (χ2n) is 3.26. The molecule has 0 aromatic heterocycles. The number of hydrogen-bond donors (Lipinski definition) is 1. The number of hydrogen-bond acceptors (Lipinski definition) is 5. The zero-order valence-electron chi connectivity index (χ0n) is 9.42. The van der Waals surface area contributed by atoms with Gasteiger partial charge < -0.3 is 4.74 Å². The molecule has 0 saturated carbocycles. The van der Waals surface area contributed by atoms with Gasteiger partial charge in [-0.15, -0.1) is 0 Å². The number of nitrogens with one attached hydrogen (secondary N) is 1. The van der Waals surface area contributed by atoms with Gasteiger partial charge in [-0.2, -0.15) is 0 Å². The van der Waals surface area contributed by atoms with Crippen LogP contribution in [-0.2, 0) is 14.8 Å². The van der Waals surface area contributed by atoms with Gasteiger partial charge in [0.2, 0.25) is 10.0 Å². The van der Waals surface area contributed by atoms with E-state index in [2.05, 4.69) is 20.7 Å². The molecule has 1 aromatic rings. The molecule has 0 fully saturated rings. The van der Waals surface area contributed by atoms with E-state index >= 15 is 0 Å². The van der Waals surface area contributed by atoms with Gasteiger partial charge in [0.1, 0.15) is 0 Å². The maximum atomic E-state index is 11.9. The summed E-state index contributed by atoms with van der Waals surface area (Å²) in [4.78, 5) is 9.67. The van der Waals surface area contributed by atoms with Crippen molar-refractivity contribution in [3.63, 3.8) is 0 Å². The number of benzene rings is 1. The van der Waals surface area contributed by atoms with Gasteiger partial charge in [-0.1, -0.05) is 15.9 Å². The lowest BCUT2D eigenvalue weighted by atomic mass is 10.3. The lowest BCUT2D eigenvalue weighted by Crippen LogP contribution is -2.27. The van der Waals surface area contributed by atoms with Crippen molar-refractivity contribution in [2.45, 2.75) is 4.90 Å². The summed E-state index contributed by atoms with van der Waals surface area (Å²) in [6.07, 6.45) is 0. The quantitative estimate of drug-likeness (QED) is 0.478. The number of halogens is 1. The maximum absolute atomic E-state index is 11.9. The Hall–Kier alpha value is -1.03. The molecule has 0 spiro atoms. The van der Waals surface area contributed by atoms with Crippen LogP contribution in [0, 0.1) is 10.1 Å². The number of nitrogens with zero attached hydrogens (tertiary/aromatic N) is 1. The first-order valence-electron chi connectivity index (χ1n) is 4.81. The molecule has 0 unspecified atom stereocenters. The minimum Gasteiger partial charge on any atom is -0.383 e. The number of nitro benzene ring substituents is 1. The highest BCUT2D eigenvalue weighted by Gasteiger charge is 2.25. The van der Waals surface area contributed by atoms with Gasteiger partial charge in [-0.3, -0.25) is 10.1 Å². The molecule has 0 radical (unpaired) electrons. The Morgan fingerprint density at radius 3 is 2.72 bits per heavy atom. The highest BCUT2D eigenvalue weighted by atomic mass is 79.9. The number of methoxy groups -OCH3 is 1. The van der Waals surface area contributed by atoms with E-state index in [1.54, 1.807) is 0 Å². The van der Waals surface area contributed by atoms with Crippen molar-refractivity contribution >= 4 is 31.6 Å². The third-order valence-electron chi connectivity index (χ3n) is 2.01. The Morgan fingerprint density at radius 2 is 2.17 bits per heavy atom. The first-order valence-corrected chi connectivity index (χ1v) is 7.08. The number of rotatable bonds is 6. The summed E-state index contributed by atoms with van der Waals surface area (Å²) in [6.45, 7) is 0.226. The summed E-state index contributed by atoms with van der Waals surface area (Å²) >= 11 is 3.08. The van der Waals surface area contributed by atoms with Gasteiger partial charge in [0, 0.05) is 24.2 Å². The van der Waals surface area contributed by atoms with Crippen LogP contribution in [0.3, 0.4) is 0 Å². The molecular formula is C9H11BrN2O5S. The molecule has 0 bridgehead atoms. The van der Waals surface area contributed by atoms with Gasteiger partial charge in [0.25, 0.3) is 5.69 Å². The van der Waals surface area contributed by atoms with Crippen molar-refractivity contribution in [3.05, 3.63) is 32.8 Å². The third-order valence-corrected chi connectivity index (χ3v) is 3.99. The number of ether oxygens (including phenoxy) is 1. The molecule has 100 valence electrons. The van der Waals surface area contributed by atoms with Gasteiger partial charge in [0.15, 0.2) is 4.90 Å². The average Bonchev–Trinajstić information content (AvgIpc) is 2.28. The van der Waals surface area contributed by atoms with Crippen LogP contribution in [0.15, 0.2) is 27.6 Å². The predicted octanol–water partition coefficient (Wildman–Crippen LogP) is 1.28.